The molecule has 0 saturated carbocycles. The third-order valence-electron chi connectivity index (χ3n) is 2.65. The Morgan fingerprint density at radius 2 is 1.89 bits per heavy atom. The first-order valence-corrected chi connectivity index (χ1v) is 6.37. The first-order valence-electron chi connectivity index (χ1n) is 6.37. The van der Waals surface area contributed by atoms with Crippen LogP contribution in [0.4, 0.5) is 0 Å². The topological polar surface area (TPSA) is 35.5 Å². The maximum atomic E-state index is 11.5. The highest BCUT2D eigenvalue weighted by atomic mass is 16.6. The smallest absolute Gasteiger partial charge is 0.344 e. The third-order valence-corrected chi connectivity index (χ3v) is 2.65. The lowest BCUT2D eigenvalue weighted by molar-refractivity contribution is -0.149. The van der Waals surface area contributed by atoms with Crippen molar-refractivity contribution >= 4 is 5.97 Å². The van der Waals surface area contributed by atoms with Crippen LogP contribution in [-0.2, 0) is 9.53 Å². The molecule has 1 aromatic carbocycles. The largest absolute Gasteiger partial charge is 0.482 e. The highest BCUT2D eigenvalue weighted by Crippen LogP contribution is 2.22. The van der Waals surface area contributed by atoms with Crippen LogP contribution in [0.15, 0.2) is 30.3 Å². The number of benzene rings is 1. The summed E-state index contributed by atoms with van der Waals surface area (Å²) in [7, 11) is 0. The molecule has 0 aliphatic heterocycles. The number of esters is 1. The van der Waals surface area contributed by atoms with Gasteiger partial charge in [0.2, 0.25) is 0 Å². The van der Waals surface area contributed by atoms with Gasteiger partial charge in [0, 0.05) is 0 Å². The molecule has 0 saturated heterocycles. The van der Waals surface area contributed by atoms with Crippen molar-refractivity contribution in [3.05, 3.63) is 30.3 Å². The maximum absolute atomic E-state index is 11.5. The van der Waals surface area contributed by atoms with Crippen molar-refractivity contribution in [2.75, 3.05) is 13.2 Å². The first kappa shape index (κ1) is 14.6. The van der Waals surface area contributed by atoms with Gasteiger partial charge < -0.3 is 9.47 Å². The lowest BCUT2D eigenvalue weighted by Gasteiger charge is -2.23. The Kier molecular flexibility index (Phi) is 5.69. The van der Waals surface area contributed by atoms with Crippen LogP contribution in [0.3, 0.4) is 0 Å². The zero-order valence-corrected chi connectivity index (χ0v) is 11.4. The highest BCUT2D eigenvalue weighted by molar-refractivity contribution is 5.71. The van der Waals surface area contributed by atoms with Gasteiger partial charge in [-0.3, -0.25) is 0 Å². The summed E-state index contributed by atoms with van der Waals surface area (Å²) in [6.07, 6.45) is 2.13. The molecule has 0 aliphatic rings. The summed E-state index contributed by atoms with van der Waals surface area (Å²) >= 11 is 0. The molecule has 1 rings (SSSR count). The van der Waals surface area contributed by atoms with Crippen LogP contribution in [0, 0.1) is 5.41 Å². The van der Waals surface area contributed by atoms with Gasteiger partial charge in [0.25, 0.3) is 0 Å². The molecule has 0 atom stereocenters. The Hall–Kier alpha value is -1.51. The minimum atomic E-state index is -0.317. The molecule has 0 amide bonds. The molecular weight excluding hydrogens is 228 g/mol. The molecular formula is C15H22O3. The van der Waals surface area contributed by atoms with Crippen LogP contribution in [0.2, 0.25) is 0 Å². The molecule has 3 nitrogen and oxygen atoms in total. The summed E-state index contributed by atoms with van der Waals surface area (Å²) in [5, 5.41) is 0. The Morgan fingerprint density at radius 1 is 1.22 bits per heavy atom. The van der Waals surface area contributed by atoms with Crippen LogP contribution in [0.5, 0.6) is 5.75 Å². The van der Waals surface area contributed by atoms with Gasteiger partial charge in [0.15, 0.2) is 6.61 Å². The molecule has 18 heavy (non-hydrogen) atoms. The first-order chi connectivity index (χ1) is 8.53. The molecule has 100 valence electrons. The summed E-state index contributed by atoms with van der Waals surface area (Å²) in [5.41, 5.74) is 0.0388. The summed E-state index contributed by atoms with van der Waals surface area (Å²) in [5.74, 6) is 0.366. The zero-order valence-electron chi connectivity index (χ0n) is 11.4. The van der Waals surface area contributed by atoms with Gasteiger partial charge in [-0.05, 0) is 24.0 Å². The Bertz CT molecular complexity index is 357. The van der Waals surface area contributed by atoms with Gasteiger partial charge in [-0.2, -0.15) is 0 Å². The zero-order chi connectivity index (χ0) is 13.4. The predicted octanol–water partition coefficient (Wildman–Crippen LogP) is 3.43. The molecule has 1 aromatic rings. The molecule has 0 radical (unpaired) electrons. The van der Waals surface area contributed by atoms with E-state index in [1.54, 1.807) is 0 Å². The SMILES string of the molecule is CCCC(C)(C)COC(=O)COc1ccccc1. The minimum Gasteiger partial charge on any atom is -0.482 e. The second kappa shape index (κ2) is 7.04. The average molecular weight is 250 g/mol. The lowest BCUT2D eigenvalue weighted by atomic mass is 9.89. The second-order valence-corrected chi connectivity index (χ2v) is 5.18. The molecule has 0 unspecified atom stereocenters. The van der Waals surface area contributed by atoms with E-state index in [9.17, 15) is 4.79 Å². The highest BCUT2D eigenvalue weighted by Gasteiger charge is 2.19. The van der Waals surface area contributed by atoms with E-state index in [1.807, 2.05) is 30.3 Å². The average Bonchev–Trinajstić information content (AvgIpc) is 2.35. The maximum Gasteiger partial charge on any atom is 0.344 e. The van der Waals surface area contributed by atoms with Crippen LogP contribution in [-0.4, -0.2) is 19.2 Å². The number of para-hydroxylation sites is 1. The summed E-state index contributed by atoms with van der Waals surface area (Å²) in [4.78, 5) is 11.5. The van der Waals surface area contributed by atoms with Crippen molar-refractivity contribution in [3.63, 3.8) is 0 Å². The van der Waals surface area contributed by atoms with Crippen LogP contribution in [0.1, 0.15) is 33.6 Å². The van der Waals surface area contributed by atoms with Crippen molar-refractivity contribution in [1.82, 2.24) is 0 Å². The van der Waals surface area contributed by atoms with Gasteiger partial charge in [-0.15, -0.1) is 0 Å². The van der Waals surface area contributed by atoms with E-state index in [1.165, 1.54) is 0 Å². The molecule has 0 fully saturated rings. The summed E-state index contributed by atoms with van der Waals surface area (Å²) < 4.78 is 10.5. The van der Waals surface area contributed by atoms with Crippen molar-refractivity contribution in [3.8, 4) is 5.75 Å². The van der Waals surface area contributed by atoms with Crippen molar-refractivity contribution in [1.29, 1.82) is 0 Å². The van der Waals surface area contributed by atoms with Crippen molar-refractivity contribution < 1.29 is 14.3 Å². The molecule has 0 spiro atoms. The lowest BCUT2D eigenvalue weighted by Crippen LogP contribution is -2.24. The van der Waals surface area contributed by atoms with E-state index in [0.29, 0.717) is 12.4 Å². The van der Waals surface area contributed by atoms with Crippen LogP contribution >= 0.6 is 0 Å². The molecule has 0 heterocycles. The fourth-order valence-corrected chi connectivity index (χ4v) is 1.73. The van der Waals surface area contributed by atoms with Gasteiger partial charge in [-0.25, -0.2) is 4.79 Å². The number of carbonyl (C=O) groups excluding carboxylic acids is 1. The second-order valence-electron chi connectivity index (χ2n) is 5.18. The fraction of sp³-hybridized carbons (Fsp3) is 0.533. The van der Waals surface area contributed by atoms with E-state index in [-0.39, 0.29) is 18.0 Å². The van der Waals surface area contributed by atoms with E-state index in [2.05, 4.69) is 20.8 Å². The van der Waals surface area contributed by atoms with Gasteiger partial charge in [0.05, 0.1) is 6.61 Å². The number of carbonyl (C=O) groups is 1. The van der Waals surface area contributed by atoms with Crippen molar-refractivity contribution in [2.24, 2.45) is 5.41 Å². The Morgan fingerprint density at radius 3 is 2.50 bits per heavy atom. The molecule has 0 N–H and O–H groups in total. The minimum absolute atomic E-state index is 0.0355. The van der Waals surface area contributed by atoms with E-state index < -0.39 is 0 Å². The summed E-state index contributed by atoms with van der Waals surface area (Å²) in [6.45, 7) is 6.73. The van der Waals surface area contributed by atoms with Gasteiger partial charge in [0.1, 0.15) is 5.75 Å². The van der Waals surface area contributed by atoms with Gasteiger partial charge in [-0.1, -0.05) is 45.4 Å². The van der Waals surface area contributed by atoms with Crippen molar-refractivity contribution in [2.45, 2.75) is 33.6 Å². The van der Waals surface area contributed by atoms with Crippen LogP contribution in [0.25, 0.3) is 0 Å². The number of hydrogen-bond donors (Lipinski definition) is 0. The fourth-order valence-electron chi connectivity index (χ4n) is 1.73. The molecule has 0 bridgehead atoms. The number of rotatable bonds is 7. The standard InChI is InChI=1S/C15H22O3/c1-4-10-15(2,3)12-18-14(16)11-17-13-8-6-5-7-9-13/h5-9H,4,10-12H2,1-3H3. The van der Waals surface area contributed by atoms with E-state index in [0.717, 1.165) is 12.8 Å². The monoisotopic (exact) mass is 250 g/mol. The molecule has 0 aliphatic carbocycles. The summed E-state index contributed by atoms with van der Waals surface area (Å²) in [6, 6.07) is 9.26. The quantitative estimate of drug-likeness (QED) is 0.695. The molecule has 0 aromatic heterocycles. The molecule has 3 heteroatoms. The van der Waals surface area contributed by atoms with E-state index >= 15 is 0 Å². The number of ether oxygens (including phenoxy) is 2. The predicted molar refractivity (Wildman–Crippen MR) is 71.6 cm³/mol. The van der Waals surface area contributed by atoms with E-state index in [4.69, 9.17) is 9.47 Å². The number of hydrogen-bond acceptors (Lipinski definition) is 3. The Balaban J connectivity index is 2.26. The normalized spacial score (nSPS) is 11.1. The third kappa shape index (κ3) is 5.71. The van der Waals surface area contributed by atoms with Crippen LogP contribution < -0.4 is 4.74 Å². The Labute approximate surface area is 109 Å². The van der Waals surface area contributed by atoms with Gasteiger partial charge >= 0.3 is 5.97 Å².